The van der Waals surface area contributed by atoms with Gasteiger partial charge in [0.25, 0.3) is 0 Å². The molecule has 0 saturated heterocycles. The van der Waals surface area contributed by atoms with Crippen LogP contribution in [0, 0.1) is 6.92 Å². The summed E-state index contributed by atoms with van der Waals surface area (Å²) in [7, 11) is 0. The molecule has 2 rings (SSSR count). The SMILES string of the molecule is Cc1nc(C2CCCCC2)oc1Cl. The molecule has 0 radical (unpaired) electrons. The van der Waals surface area contributed by atoms with E-state index in [1.165, 1.54) is 32.1 Å². The van der Waals surface area contributed by atoms with Crippen LogP contribution >= 0.6 is 11.6 Å². The number of halogens is 1. The molecule has 13 heavy (non-hydrogen) atoms. The molecule has 0 bridgehead atoms. The molecular weight excluding hydrogens is 186 g/mol. The second-order valence-corrected chi connectivity index (χ2v) is 4.09. The molecule has 1 saturated carbocycles. The lowest BCUT2D eigenvalue weighted by molar-refractivity contribution is 0.364. The van der Waals surface area contributed by atoms with Crippen LogP contribution in [0.4, 0.5) is 0 Å². The highest BCUT2D eigenvalue weighted by Crippen LogP contribution is 2.33. The van der Waals surface area contributed by atoms with E-state index in [1.54, 1.807) is 0 Å². The lowest BCUT2D eigenvalue weighted by Gasteiger charge is -2.17. The molecule has 1 aliphatic rings. The van der Waals surface area contributed by atoms with E-state index in [1.807, 2.05) is 6.92 Å². The molecule has 3 heteroatoms. The number of oxazole rings is 1. The molecule has 0 atom stereocenters. The van der Waals surface area contributed by atoms with Gasteiger partial charge in [0.05, 0.1) is 5.69 Å². The summed E-state index contributed by atoms with van der Waals surface area (Å²) in [6.45, 7) is 1.89. The Hall–Kier alpha value is -0.500. The van der Waals surface area contributed by atoms with Crippen molar-refractivity contribution in [1.82, 2.24) is 4.98 Å². The third-order valence-corrected chi connectivity index (χ3v) is 3.06. The third-order valence-electron chi connectivity index (χ3n) is 2.71. The first-order chi connectivity index (χ1) is 6.27. The highest BCUT2D eigenvalue weighted by Gasteiger charge is 2.21. The van der Waals surface area contributed by atoms with Crippen molar-refractivity contribution in [1.29, 1.82) is 0 Å². The van der Waals surface area contributed by atoms with Crippen LogP contribution in [0.15, 0.2) is 4.42 Å². The van der Waals surface area contributed by atoms with Gasteiger partial charge in [0, 0.05) is 5.92 Å². The number of hydrogen-bond donors (Lipinski definition) is 0. The average Bonchev–Trinajstić information content (AvgIpc) is 2.49. The smallest absolute Gasteiger partial charge is 0.216 e. The lowest BCUT2D eigenvalue weighted by atomic mass is 9.89. The zero-order chi connectivity index (χ0) is 9.26. The normalized spacial score (nSPS) is 19.2. The van der Waals surface area contributed by atoms with Crippen LogP contribution in [-0.2, 0) is 0 Å². The molecule has 1 fully saturated rings. The van der Waals surface area contributed by atoms with Gasteiger partial charge in [-0.1, -0.05) is 19.3 Å². The highest BCUT2D eigenvalue weighted by atomic mass is 35.5. The number of rotatable bonds is 1. The van der Waals surface area contributed by atoms with E-state index >= 15 is 0 Å². The van der Waals surface area contributed by atoms with Crippen molar-refractivity contribution in [3.8, 4) is 0 Å². The summed E-state index contributed by atoms with van der Waals surface area (Å²) >= 11 is 5.82. The Bertz CT molecular complexity index is 270. The molecule has 0 amide bonds. The second-order valence-electron chi connectivity index (χ2n) is 3.75. The Morgan fingerprint density at radius 3 is 2.54 bits per heavy atom. The summed E-state index contributed by atoms with van der Waals surface area (Å²) in [5.74, 6) is 1.36. The van der Waals surface area contributed by atoms with Gasteiger partial charge in [-0.05, 0) is 31.4 Å². The first kappa shape index (κ1) is 9.07. The van der Waals surface area contributed by atoms with Crippen molar-refractivity contribution in [2.45, 2.75) is 44.9 Å². The van der Waals surface area contributed by atoms with Gasteiger partial charge in [-0.2, -0.15) is 0 Å². The van der Waals surface area contributed by atoms with Crippen LogP contribution in [0.1, 0.15) is 49.6 Å². The number of hydrogen-bond acceptors (Lipinski definition) is 2. The quantitative estimate of drug-likeness (QED) is 0.690. The fraction of sp³-hybridized carbons (Fsp3) is 0.700. The zero-order valence-corrected chi connectivity index (χ0v) is 8.60. The van der Waals surface area contributed by atoms with Gasteiger partial charge in [-0.25, -0.2) is 4.98 Å². The molecule has 0 unspecified atom stereocenters. The first-order valence-electron chi connectivity index (χ1n) is 4.90. The van der Waals surface area contributed by atoms with Gasteiger partial charge in [0.2, 0.25) is 5.22 Å². The van der Waals surface area contributed by atoms with Gasteiger partial charge in [-0.3, -0.25) is 0 Å². The number of nitrogens with zero attached hydrogens (tertiary/aromatic N) is 1. The van der Waals surface area contributed by atoms with Gasteiger partial charge < -0.3 is 4.42 Å². The van der Waals surface area contributed by atoms with E-state index in [0.29, 0.717) is 11.1 Å². The fourth-order valence-electron chi connectivity index (χ4n) is 1.92. The third kappa shape index (κ3) is 1.88. The minimum Gasteiger partial charge on any atom is -0.429 e. The van der Waals surface area contributed by atoms with Crippen molar-refractivity contribution in [2.75, 3.05) is 0 Å². The van der Waals surface area contributed by atoms with Crippen LogP contribution in [0.25, 0.3) is 0 Å². The zero-order valence-electron chi connectivity index (χ0n) is 7.85. The highest BCUT2D eigenvalue weighted by molar-refractivity contribution is 6.29. The van der Waals surface area contributed by atoms with Crippen molar-refractivity contribution < 1.29 is 4.42 Å². The lowest BCUT2D eigenvalue weighted by Crippen LogP contribution is -2.04. The molecular formula is C10H14ClNO. The maximum Gasteiger partial charge on any atom is 0.216 e. The van der Waals surface area contributed by atoms with Gasteiger partial charge >= 0.3 is 0 Å². The van der Waals surface area contributed by atoms with E-state index in [9.17, 15) is 0 Å². The van der Waals surface area contributed by atoms with Crippen molar-refractivity contribution in [3.05, 3.63) is 16.8 Å². The number of aryl methyl sites for hydroxylation is 1. The minimum atomic E-state index is 0.459. The molecule has 1 aromatic heterocycles. The molecule has 1 heterocycles. The van der Waals surface area contributed by atoms with Crippen LogP contribution in [-0.4, -0.2) is 4.98 Å². The van der Waals surface area contributed by atoms with Gasteiger partial charge in [0.15, 0.2) is 5.89 Å². The van der Waals surface area contributed by atoms with Gasteiger partial charge in [-0.15, -0.1) is 0 Å². The first-order valence-corrected chi connectivity index (χ1v) is 5.28. The summed E-state index contributed by atoms with van der Waals surface area (Å²) in [6, 6.07) is 0. The maximum absolute atomic E-state index is 5.82. The molecule has 0 aromatic carbocycles. The Kier molecular flexibility index (Phi) is 2.58. The summed E-state index contributed by atoms with van der Waals surface area (Å²) in [4.78, 5) is 4.34. The molecule has 72 valence electrons. The Morgan fingerprint density at radius 1 is 1.31 bits per heavy atom. The summed E-state index contributed by atoms with van der Waals surface area (Å²) in [5.41, 5.74) is 0.822. The summed E-state index contributed by atoms with van der Waals surface area (Å²) in [6.07, 6.45) is 6.35. The summed E-state index contributed by atoms with van der Waals surface area (Å²) in [5, 5.41) is 0.459. The van der Waals surface area contributed by atoms with E-state index in [4.69, 9.17) is 16.0 Å². The Balaban J connectivity index is 2.14. The van der Waals surface area contributed by atoms with E-state index in [0.717, 1.165) is 11.6 Å². The van der Waals surface area contributed by atoms with Crippen LogP contribution in [0.3, 0.4) is 0 Å². The van der Waals surface area contributed by atoms with Crippen molar-refractivity contribution >= 4 is 11.6 Å². The van der Waals surface area contributed by atoms with Crippen LogP contribution in [0.5, 0.6) is 0 Å². The van der Waals surface area contributed by atoms with Crippen molar-refractivity contribution in [3.63, 3.8) is 0 Å². The monoisotopic (exact) mass is 199 g/mol. The molecule has 2 nitrogen and oxygen atoms in total. The molecule has 0 N–H and O–H groups in total. The average molecular weight is 200 g/mol. The van der Waals surface area contributed by atoms with Crippen molar-refractivity contribution in [2.24, 2.45) is 0 Å². The van der Waals surface area contributed by atoms with Crippen LogP contribution < -0.4 is 0 Å². The minimum absolute atomic E-state index is 0.459. The Labute approximate surface area is 83.3 Å². The fourth-order valence-corrected chi connectivity index (χ4v) is 2.04. The standard InChI is InChI=1S/C10H14ClNO/c1-7-9(11)13-10(12-7)8-5-3-2-4-6-8/h8H,2-6H2,1H3. The van der Waals surface area contributed by atoms with Gasteiger partial charge in [0.1, 0.15) is 0 Å². The maximum atomic E-state index is 5.82. The molecule has 1 aliphatic carbocycles. The largest absolute Gasteiger partial charge is 0.429 e. The Morgan fingerprint density at radius 2 is 2.00 bits per heavy atom. The topological polar surface area (TPSA) is 26.0 Å². The number of aromatic nitrogens is 1. The predicted octanol–water partition coefficient (Wildman–Crippen LogP) is 3.68. The second kappa shape index (κ2) is 3.70. The molecule has 0 aliphatic heterocycles. The molecule has 0 spiro atoms. The van der Waals surface area contributed by atoms with E-state index in [2.05, 4.69) is 4.98 Å². The van der Waals surface area contributed by atoms with E-state index in [-0.39, 0.29) is 0 Å². The van der Waals surface area contributed by atoms with Crippen LogP contribution in [0.2, 0.25) is 5.22 Å². The molecule has 1 aromatic rings. The summed E-state index contributed by atoms with van der Waals surface area (Å²) < 4.78 is 5.41. The predicted molar refractivity (Wildman–Crippen MR) is 52.1 cm³/mol. The van der Waals surface area contributed by atoms with E-state index < -0.39 is 0 Å².